The molecule has 0 aromatic carbocycles. The number of aliphatic hydroxyl groups is 13. The van der Waals surface area contributed by atoms with Crippen molar-refractivity contribution >= 4 is 11.9 Å². The van der Waals surface area contributed by atoms with Gasteiger partial charge in [0.05, 0.1) is 31.3 Å². The van der Waals surface area contributed by atoms with Gasteiger partial charge in [-0.1, -0.05) is 60.1 Å². The van der Waals surface area contributed by atoms with E-state index in [0.29, 0.717) is 51.4 Å². The second-order valence-corrected chi connectivity index (χ2v) is 26.3. The van der Waals surface area contributed by atoms with Crippen molar-refractivity contribution in [3.63, 3.8) is 0 Å². The van der Waals surface area contributed by atoms with Gasteiger partial charge in [-0.25, -0.2) is 4.79 Å². The summed E-state index contributed by atoms with van der Waals surface area (Å²) in [6.45, 7) is 13.3. The first kappa shape index (κ1) is 60.5. The smallest absolute Gasteiger partial charge is 0.335 e. The Morgan fingerprint density at radius 2 is 1.09 bits per heavy atom. The zero-order valence-electron chi connectivity index (χ0n) is 45.5. The third-order valence-corrected chi connectivity index (χ3v) is 21.4. The zero-order valence-corrected chi connectivity index (χ0v) is 45.5. The molecule has 9 rings (SSSR count). The van der Waals surface area contributed by atoms with Crippen LogP contribution in [-0.4, -0.2) is 232 Å². The number of hydrogen-bond donors (Lipinski definition) is 14. The lowest BCUT2D eigenvalue weighted by molar-refractivity contribution is -0.365. The fraction of sp³-hybridized carbons (Fsp3) is 0.926. The van der Waals surface area contributed by atoms with Crippen LogP contribution in [0.1, 0.15) is 113 Å². The van der Waals surface area contributed by atoms with Gasteiger partial charge in [0, 0.05) is 0 Å². The van der Waals surface area contributed by atoms with Gasteiger partial charge in [0.1, 0.15) is 91.6 Å². The lowest BCUT2D eigenvalue weighted by atomic mass is 9.33. The predicted molar refractivity (Wildman–Crippen MR) is 263 cm³/mol. The standard InChI is InChI=1S/C54H86O24/c1-49(2)14-16-54(48(70)78-46-37(65)34(62)40(26(21-57)73-46)75-44-35(63)32(60)30(58)24(19-55)71-44)17-15-52(6)22(23(54)18-49)8-9-28-51(5)12-11-29(50(3,4)27(51)10-13-53(28,52)7)74-47-39(67)41(38(66)42(77-47)43(68)69)76-45-36(64)33(61)31(59)25(20-56)72-45/h8,23-42,44-47,55-67H,9-21H2,1-7H3,(H,68,69). The molecule has 8 fully saturated rings. The van der Waals surface area contributed by atoms with E-state index in [0.717, 1.165) is 12.8 Å². The van der Waals surface area contributed by atoms with Crippen molar-refractivity contribution in [1.82, 2.24) is 0 Å². The fourth-order valence-corrected chi connectivity index (χ4v) is 16.5. The highest BCUT2D eigenvalue weighted by atomic mass is 16.8. The molecule has 24 heteroatoms. The summed E-state index contributed by atoms with van der Waals surface area (Å²) in [5.41, 5.74) is -1.48. The molecular weight excluding hydrogens is 1030 g/mol. The molecule has 0 aromatic heterocycles. The van der Waals surface area contributed by atoms with Gasteiger partial charge in [0.2, 0.25) is 6.29 Å². The van der Waals surface area contributed by atoms with Crippen LogP contribution in [-0.2, 0) is 47.5 Å². The van der Waals surface area contributed by atoms with Crippen molar-refractivity contribution in [1.29, 1.82) is 0 Å². The molecule has 4 saturated heterocycles. The van der Waals surface area contributed by atoms with Crippen LogP contribution in [0.2, 0.25) is 0 Å². The minimum absolute atomic E-state index is 0.0524. The Balaban J connectivity index is 0.922. The fourth-order valence-electron chi connectivity index (χ4n) is 16.5. The molecule has 5 aliphatic carbocycles. The zero-order chi connectivity index (χ0) is 57.1. The van der Waals surface area contributed by atoms with Crippen molar-refractivity contribution in [3.05, 3.63) is 11.6 Å². The molecule has 14 N–H and O–H groups in total. The molecule has 28 atom stereocenters. The van der Waals surface area contributed by atoms with E-state index < -0.39 is 172 Å². The van der Waals surface area contributed by atoms with E-state index in [1.54, 1.807) is 0 Å². The largest absolute Gasteiger partial charge is 0.479 e. The monoisotopic (exact) mass is 1120 g/mol. The quantitative estimate of drug-likeness (QED) is 0.0574. The van der Waals surface area contributed by atoms with E-state index in [2.05, 4.69) is 54.5 Å². The Bertz CT molecular complexity index is 2190. The molecule has 0 aromatic rings. The molecule has 4 saturated carbocycles. The first-order valence-corrected chi connectivity index (χ1v) is 27.8. The molecule has 0 amide bonds. The summed E-state index contributed by atoms with van der Waals surface area (Å²) >= 11 is 0. The van der Waals surface area contributed by atoms with E-state index in [9.17, 15) is 76.3 Å². The summed E-state index contributed by atoms with van der Waals surface area (Å²) in [6.07, 6.45) is -26.5. The molecule has 28 unspecified atom stereocenters. The Kier molecular flexibility index (Phi) is 16.9. The normalized spacial score (nSPS) is 52.8. The molecule has 78 heavy (non-hydrogen) atoms. The summed E-state index contributed by atoms with van der Waals surface area (Å²) in [6, 6.07) is 0. The molecule has 0 bridgehead atoms. The highest BCUT2D eigenvalue weighted by Gasteiger charge is 2.70. The average molecular weight is 1120 g/mol. The number of aliphatic hydroxyl groups excluding tert-OH is 13. The molecule has 9 aliphatic rings. The number of fused-ring (bicyclic) bond motifs is 7. The molecule has 0 spiro atoms. The van der Waals surface area contributed by atoms with E-state index in [-0.39, 0.29) is 39.4 Å². The van der Waals surface area contributed by atoms with Crippen molar-refractivity contribution in [2.45, 2.75) is 242 Å². The third kappa shape index (κ3) is 9.72. The molecule has 446 valence electrons. The topological polar surface area (TPSA) is 391 Å². The lowest BCUT2D eigenvalue weighted by Crippen LogP contribution is -2.67. The Labute approximate surface area is 453 Å². The van der Waals surface area contributed by atoms with Crippen molar-refractivity contribution < 1.29 is 119 Å². The predicted octanol–water partition coefficient (Wildman–Crippen LogP) is -1.94. The van der Waals surface area contributed by atoms with Crippen LogP contribution < -0.4 is 0 Å². The number of rotatable bonds is 12. The second-order valence-electron chi connectivity index (χ2n) is 26.3. The van der Waals surface area contributed by atoms with Gasteiger partial charge in [-0.2, -0.15) is 0 Å². The number of allylic oxidation sites excluding steroid dienone is 2. The summed E-state index contributed by atoms with van der Waals surface area (Å²) < 4.78 is 46.9. The van der Waals surface area contributed by atoms with Gasteiger partial charge in [-0.05, 0) is 109 Å². The Hall–Kier alpha value is -2.12. The average Bonchev–Trinajstić information content (AvgIpc) is 2.49. The summed E-state index contributed by atoms with van der Waals surface area (Å²) in [5, 5.41) is 148. The number of carbonyl (C=O) groups excluding carboxylic acids is 1. The maximum atomic E-state index is 15.1. The van der Waals surface area contributed by atoms with E-state index >= 15 is 4.79 Å². The highest BCUT2D eigenvalue weighted by Crippen LogP contribution is 2.76. The van der Waals surface area contributed by atoms with Crippen LogP contribution in [0.3, 0.4) is 0 Å². The number of hydrogen-bond acceptors (Lipinski definition) is 23. The van der Waals surface area contributed by atoms with Crippen LogP contribution in [0.15, 0.2) is 11.6 Å². The van der Waals surface area contributed by atoms with E-state index in [1.165, 1.54) is 5.57 Å². The molecule has 4 heterocycles. The van der Waals surface area contributed by atoms with Crippen LogP contribution >= 0.6 is 0 Å². The van der Waals surface area contributed by atoms with Crippen molar-refractivity contribution in [2.75, 3.05) is 19.8 Å². The molecule has 4 aliphatic heterocycles. The highest BCUT2D eigenvalue weighted by molar-refractivity contribution is 5.79. The van der Waals surface area contributed by atoms with Crippen LogP contribution in [0.4, 0.5) is 0 Å². The van der Waals surface area contributed by atoms with E-state index in [4.69, 9.17) is 37.9 Å². The van der Waals surface area contributed by atoms with Gasteiger partial charge in [0.15, 0.2) is 25.0 Å². The molecule has 24 nitrogen and oxygen atoms in total. The first-order chi connectivity index (χ1) is 36.5. The van der Waals surface area contributed by atoms with Crippen LogP contribution in [0, 0.1) is 50.2 Å². The third-order valence-electron chi connectivity index (χ3n) is 21.4. The number of carbonyl (C=O) groups is 2. The minimum atomic E-state index is -2.00. The van der Waals surface area contributed by atoms with E-state index in [1.807, 2.05) is 0 Å². The van der Waals surface area contributed by atoms with Gasteiger partial charge in [0.25, 0.3) is 0 Å². The maximum absolute atomic E-state index is 15.1. The van der Waals surface area contributed by atoms with Crippen molar-refractivity contribution in [3.8, 4) is 0 Å². The second kappa shape index (κ2) is 21.8. The number of esters is 1. The SMILES string of the molecule is CC1(C)CCC2(C(=O)OC3OC(CO)C(OC4OC(CO)C(O)C(O)C4O)C(O)C3O)CCC3(C)C(=CCC4C5(C)CCC(OC6OC(C(=O)O)C(O)C(OC7OC(CO)C(O)C(O)C7O)C6O)C(C)(C)C5CCC43C)C2C1. The number of carboxylic acids is 1. The Morgan fingerprint density at radius 1 is 0.551 bits per heavy atom. The summed E-state index contributed by atoms with van der Waals surface area (Å²) in [7, 11) is 0. The minimum Gasteiger partial charge on any atom is -0.479 e. The van der Waals surface area contributed by atoms with Gasteiger partial charge < -0.3 is 109 Å². The first-order valence-electron chi connectivity index (χ1n) is 27.8. The molecule has 0 radical (unpaired) electrons. The maximum Gasteiger partial charge on any atom is 0.335 e. The van der Waals surface area contributed by atoms with Gasteiger partial charge in [-0.15, -0.1) is 0 Å². The van der Waals surface area contributed by atoms with Gasteiger partial charge in [-0.3, -0.25) is 4.79 Å². The summed E-state index contributed by atoms with van der Waals surface area (Å²) in [5.74, 6) is -2.23. The lowest BCUT2D eigenvalue weighted by Gasteiger charge is -2.71. The summed E-state index contributed by atoms with van der Waals surface area (Å²) in [4.78, 5) is 27.6. The van der Waals surface area contributed by atoms with Crippen LogP contribution in [0.5, 0.6) is 0 Å². The Morgan fingerprint density at radius 3 is 1.67 bits per heavy atom. The number of carboxylic acid groups (broad SMARTS) is 1. The number of aliphatic carboxylic acids is 1. The van der Waals surface area contributed by atoms with Crippen LogP contribution in [0.25, 0.3) is 0 Å². The van der Waals surface area contributed by atoms with Crippen molar-refractivity contribution in [2.24, 2.45) is 50.2 Å². The molecular formula is C54H86O24. The number of ether oxygens (including phenoxy) is 8. The van der Waals surface area contributed by atoms with Gasteiger partial charge >= 0.3 is 11.9 Å².